The van der Waals surface area contributed by atoms with Crippen LogP contribution >= 0.6 is 11.6 Å². The molecule has 0 saturated carbocycles. The summed E-state index contributed by atoms with van der Waals surface area (Å²) in [5, 5.41) is 3.30. The number of hydrogen-bond donors (Lipinski definition) is 2. The summed E-state index contributed by atoms with van der Waals surface area (Å²) >= 11 is 5.79. The Bertz CT molecular complexity index is 395. The van der Waals surface area contributed by atoms with Crippen LogP contribution in [0.5, 0.6) is 0 Å². The molecule has 0 bridgehead atoms. The van der Waals surface area contributed by atoms with Crippen LogP contribution in [0, 0.1) is 0 Å². The molecule has 0 aromatic heterocycles. The Kier molecular flexibility index (Phi) is 5.25. The summed E-state index contributed by atoms with van der Waals surface area (Å²) in [6, 6.07) is 4.88. The highest BCUT2D eigenvalue weighted by Crippen LogP contribution is 2.19. The molecule has 0 aliphatic heterocycles. The van der Waals surface area contributed by atoms with Crippen molar-refractivity contribution >= 4 is 23.2 Å². The average Bonchev–Trinajstić information content (AvgIpc) is 2.32. The molecule has 5 heteroatoms. The van der Waals surface area contributed by atoms with Crippen molar-refractivity contribution in [2.24, 2.45) is 0 Å². The Balaban J connectivity index is 2.50. The van der Waals surface area contributed by atoms with E-state index in [-0.39, 0.29) is 5.91 Å². The van der Waals surface area contributed by atoms with Gasteiger partial charge in [-0.05, 0) is 31.8 Å². The maximum atomic E-state index is 11.7. The number of carbonyl (C=O) groups is 1. The van der Waals surface area contributed by atoms with Crippen LogP contribution in [0.3, 0.4) is 0 Å². The SMILES string of the molecule is CCN(C)CCNC(=O)c1ccc(Cl)c(N)c1. The molecule has 17 heavy (non-hydrogen) atoms. The molecule has 0 atom stereocenters. The van der Waals surface area contributed by atoms with Crippen molar-refractivity contribution in [2.45, 2.75) is 6.92 Å². The minimum atomic E-state index is -0.127. The minimum Gasteiger partial charge on any atom is -0.398 e. The standard InChI is InChI=1S/C12H18ClN3O/c1-3-16(2)7-6-15-12(17)9-4-5-10(13)11(14)8-9/h4-5,8H,3,6-7,14H2,1-2H3,(H,15,17). The molecular formula is C12H18ClN3O. The maximum absolute atomic E-state index is 11.7. The van der Waals surface area contributed by atoms with Gasteiger partial charge in [-0.15, -0.1) is 0 Å². The van der Waals surface area contributed by atoms with Crippen LogP contribution in [0.4, 0.5) is 5.69 Å². The molecule has 0 aliphatic carbocycles. The molecule has 1 aromatic rings. The van der Waals surface area contributed by atoms with Crippen LogP contribution in [-0.4, -0.2) is 37.5 Å². The topological polar surface area (TPSA) is 58.4 Å². The van der Waals surface area contributed by atoms with Crippen molar-refractivity contribution in [3.63, 3.8) is 0 Å². The Morgan fingerprint density at radius 1 is 1.53 bits per heavy atom. The molecule has 3 N–H and O–H groups in total. The Morgan fingerprint density at radius 2 is 2.24 bits per heavy atom. The number of hydrogen-bond acceptors (Lipinski definition) is 3. The van der Waals surface area contributed by atoms with Gasteiger partial charge >= 0.3 is 0 Å². The zero-order valence-electron chi connectivity index (χ0n) is 10.2. The van der Waals surface area contributed by atoms with Gasteiger partial charge in [-0.25, -0.2) is 0 Å². The van der Waals surface area contributed by atoms with Crippen molar-refractivity contribution in [3.05, 3.63) is 28.8 Å². The number of likely N-dealkylation sites (N-methyl/N-ethyl adjacent to an activating group) is 1. The third-order valence-electron chi connectivity index (χ3n) is 2.58. The molecule has 0 saturated heterocycles. The lowest BCUT2D eigenvalue weighted by atomic mass is 10.2. The molecule has 0 radical (unpaired) electrons. The van der Waals surface area contributed by atoms with E-state index in [0.717, 1.165) is 13.1 Å². The van der Waals surface area contributed by atoms with Gasteiger partial charge in [-0.1, -0.05) is 18.5 Å². The van der Waals surface area contributed by atoms with E-state index < -0.39 is 0 Å². The number of halogens is 1. The molecule has 0 heterocycles. The van der Waals surface area contributed by atoms with E-state index in [1.54, 1.807) is 18.2 Å². The third-order valence-corrected chi connectivity index (χ3v) is 2.92. The quantitative estimate of drug-likeness (QED) is 0.786. The number of nitrogens with zero attached hydrogens (tertiary/aromatic N) is 1. The number of nitrogen functional groups attached to an aromatic ring is 1. The Hall–Kier alpha value is -1.26. The first-order valence-corrected chi connectivity index (χ1v) is 5.94. The average molecular weight is 256 g/mol. The summed E-state index contributed by atoms with van der Waals surface area (Å²) in [4.78, 5) is 13.9. The van der Waals surface area contributed by atoms with Gasteiger partial charge in [0.25, 0.3) is 5.91 Å². The second-order valence-corrected chi connectivity index (χ2v) is 4.30. The van der Waals surface area contributed by atoms with Gasteiger partial charge in [0.05, 0.1) is 10.7 Å². The van der Waals surface area contributed by atoms with Crippen molar-refractivity contribution in [3.8, 4) is 0 Å². The van der Waals surface area contributed by atoms with E-state index in [9.17, 15) is 4.79 Å². The van der Waals surface area contributed by atoms with E-state index in [1.807, 2.05) is 7.05 Å². The third kappa shape index (κ3) is 4.24. The number of anilines is 1. The van der Waals surface area contributed by atoms with Crippen molar-refractivity contribution < 1.29 is 4.79 Å². The highest BCUT2D eigenvalue weighted by Gasteiger charge is 2.07. The number of benzene rings is 1. The summed E-state index contributed by atoms with van der Waals surface area (Å²) < 4.78 is 0. The van der Waals surface area contributed by atoms with E-state index in [0.29, 0.717) is 22.8 Å². The zero-order valence-corrected chi connectivity index (χ0v) is 10.9. The van der Waals surface area contributed by atoms with Crippen molar-refractivity contribution in [1.29, 1.82) is 0 Å². The second kappa shape index (κ2) is 6.47. The maximum Gasteiger partial charge on any atom is 0.251 e. The van der Waals surface area contributed by atoms with E-state index in [2.05, 4.69) is 17.1 Å². The fourth-order valence-corrected chi connectivity index (χ4v) is 1.42. The fourth-order valence-electron chi connectivity index (χ4n) is 1.31. The Morgan fingerprint density at radius 3 is 2.82 bits per heavy atom. The van der Waals surface area contributed by atoms with Gasteiger partial charge in [-0.3, -0.25) is 4.79 Å². The first-order valence-electron chi connectivity index (χ1n) is 5.56. The van der Waals surface area contributed by atoms with Crippen LogP contribution < -0.4 is 11.1 Å². The molecule has 1 aromatic carbocycles. The molecule has 1 amide bonds. The monoisotopic (exact) mass is 255 g/mol. The summed E-state index contributed by atoms with van der Waals surface area (Å²) in [6.07, 6.45) is 0. The van der Waals surface area contributed by atoms with Crippen molar-refractivity contribution in [2.75, 3.05) is 32.4 Å². The van der Waals surface area contributed by atoms with Gasteiger partial charge < -0.3 is 16.0 Å². The Labute approximate surface area is 107 Å². The second-order valence-electron chi connectivity index (χ2n) is 3.89. The molecule has 0 unspecified atom stereocenters. The molecular weight excluding hydrogens is 238 g/mol. The lowest BCUT2D eigenvalue weighted by Gasteiger charge is -2.14. The zero-order chi connectivity index (χ0) is 12.8. The minimum absolute atomic E-state index is 0.127. The first-order chi connectivity index (χ1) is 8.04. The normalized spacial score (nSPS) is 10.6. The first kappa shape index (κ1) is 13.8. The lowest BCUT2D eigenvalue weighted by molar-refractivity contribution is 0.0950. The van der Waals surface area contributed by atoms with Crippen LogP contribution in [0.25, 0.3) is 0 Å². The summed E-state index contributed by atoms with van der Waals surface area (Å²) in [7, 11) is 2.01. The fraction of sp³-hybridized carbons (Fsp3) is 0.417. The largest absolute Gasteiger partial charge is 0.398 e. The highest BCUT2D eigenvalue weighted by atomic mass is 35.5. The molecule has 0 fully saturated rings. The van der Waals surface area contributed by atoms with E-state index in [1.165, 1.54) is 0 Å². The van der Waals surface area contributed by atoms with Crippen LogP contribution in [-0.2, 0) is 0 Å². The van der Waals surface area contributed by atoms with Gasteiger partial charge in [0.15, 0.2) is 0 Å². The molecule has 4 nitrogen and oxygen atoms in total. The van der Waals surface area contributed by atoms with E-state index >= 15 is 0 Å². The van der Waals surface area contributed by atoms with Gasteiger partial charge in [0, 0.05) is 18.7 Å². The van der Waals surface area contributed by atoms with Crippen molar-refractivity contribution in [1.82, 2.24) is 10.2 Å². The van der Waals surface area contributed by atoms with Crippen LogP contribution in [0.1, 0.15) is 17.3 Å². The molecule has 0 aliphatic rings. The van der Waals surface area contributed by atoms with E-state index in [4.69, 9.17) is 17.3 Å². The van der Waals surface area contributed by atoms with Crippen LogP contribution in [0.15, 0.2) is 18.2 Å². The van der Waals surface area contributed by atoms with Gasteiger partial charge in [0.2, 0.25) is 0 Å². The number of rotatable bonds is 5. The van der Waals surface area contributed by atoms with Gasteiger partial charge in [0.1, 0.15) is 0 Å². The summed E-state index contributed by atoms with van der Waals surface area (Å²) in [6.45, 7) is 4.47. The predicted molar refractivity (Wildman–Crippen MR) is 71.4 cm³/mol. The molecule has 94 valence electrons. The summed E-state index contributed by atoms with van der Waals surface area (Å²) in [5.41, 5.74) is 6.59. The van der Waals surface area contributed by atoms with Gasteiger partial charge in [-0.2, -0.15) is 0 Å². The number of amides is 1. The number of carbonyl (C=O) groups excluding carboxylic acids is 1. The highest BCUT2D eigenvalue weighted by molar-refractivity contribution is 6.33. The summed E-state index contributed by atoms with van der Waals surface area (Å²) in [5.74, 6) is -0.127. The smallest absolute Gasteiger partial charge is 0.251 e. The number of nitrogens with two attached hydrogens (primary N) is 1. The lowest BCUT2D eigenvalue weighted by Crippen LogP contribution is -2.32. The number of nitrogens with one attached hydrogen (secondary N) is 1. The predicted octanol–water partition coefficient (Wildman–Crippen LogP) is 1.60. The molecule has 0 spiro atoms. The molecule has 1 rings (SSSR count). The van der Waals surface area contributed by atoms with Crippen LogP contribution in [0.2, 0.25) is 5.02 Å².